The molecule has 0 aromatic heterocycles. The summed E-state index contributed by atoms with van der Waals surface area (Å²) in [5, 5.41) is 2.28. The predicted octanol–water partition coefficient (Wildman–Crippen LogP) is 3.99. The van der Waals surface area contributed by atoms with Gasteiger partial charge in [-0.1, -0.05) is 6.07 Å². The number of hydrogen-bond acceptors (Lipinski definition) is 6. The van der Waals surface area contributed by atoms with Crippen molar-refractivity contribution in [2.75, 3.05) is 19.0 Å². The Kier molecular flexibility index (Phi) is 7.39. The minimum atomic E-state index is -4.86. The summed E-state index contributed by atoms with van der Waals surface area (Å²) in [7, 11) is 1.18. The molecule has 0 atom stereocenters. The topological polar surface area (TPSA) is 83.1 Å². The minimum absolute atomic E-state index is 0.105. The lowest BCUT2D eigenvalue weighted by Crippen LogP contribution is -2.21. The van der Waals surface area contributed by atoms with Crippen LogP contribution in [0.15, 0.2) is 42.5 Å². The molecule has 0 unspecified atom stereocenters. The van der Waals surface area contributed by atoms with Gasteiger partial charge in [0.15, 0.2) is 18.1 Å². The van der Waals surface area contributed by atoms with E-state index in [0.717, 1.165) is 30.3 Å². The number of para-hydroxylation sites is 1. The maximum Gasteiger partial charge on any atom is 0.573 e. The van der Waals surface area contributed by atoms with Gasteiger partial charge in [0.05, 0.1) is 7.11 Å². The van der Waals surface area contributed by atoms with Crippen LogP contribution >= 0.6 is 0 Å². The number of amides is 1. The summed E-state index contributed by atoms with van der Waals surface area (Å²) in [4.78, 5) is 24.0. The molecule has 2 aromatic carbocycles. The van der Waals surface area contributed by atoms with Crippen LogP contribution in [0.2, 0.25) is 0 Å². The van der Waals surface area contributed by atoms with Crippen molar-refractivity contribution in [3.63, 3.8) is 0 Å². The molecule has 1 N–H and O–H groups in total. The number of carbonyl (C=O) groups excluding carboxylic acids is 2. The molecule has 30 heavy (non-hydrogen) atoms. The molecule has 7 nitrogen and oxygen atoms in total. The highest BCUT2D eigenvalue weighted by Gasteiger charge is 2.31. The third-order valence-corrected chi connectivity index (χ3v) is 3.33. The fraction of sp³-hybridized carbons (Fsp3) is 0.222. The first-order valence-electron chi connectivity index (χ1n) is 8.03. The summed E-state index contributed by atoms with van der Waals surface area (Å²) in [6, 6.07) is 7.97. The van der Waals surface area contributed by atoms with E-state index in [1.165, 1.54) is 19.2 Å². The molecule has 0 spiro atoms. The maximum absolute atomic E-state index is 12.6. The zero-order chi connectivity index (χ0) is 22.3. The standard InChI is InChI=1S/C18H14F5NO6/c1-27-13-4-2-3-12(15(13)29-17(19)20)16(26)28-9-14(25)24-10-5-7-11(8-6-10)30-18(21,22)23/h2-8,17H,9H2,1H3,(H,24,25). The van der Waals surface area contributed by atoms with Gasteiger partial charge >= 0.3 is 18.9 Å². The number of nitrogens with one attached hydrogen (secondary N) is 1. The molecule has 0 radical (unpaired) electrons. The first kappa shape index (κ1) is 22.7. The molecule has 0 heterocycles. The Labute approximate surface area is 166 Å². The number of hydrogen-bond donors (Lipinski definition) is 1. The van der Waals surface area contributed by atoms with E-state index in [0.29, 0.717) is 0 Å². The SMILES string of the molecule is COc1cccc(C(=O)OCC(=O)Nc2ccc(OC(F)(F)F)cc2)c1OC(F)F. The molecule has 0 aliphatic carbocycles. The average Bonchev–Trinajstić information content (AvgIpc) is 2.66. The number of ether oxygens (including phenoxy) is 4. The fourth-order valence-corrected chi connectivity index (χ4v) is 2.19. The molecule has 0 aliphatic heterocycles. The summed E-state index contributed by atoms with van der Waals surface area (Å²) in [6.07, 6.45) is -4.86. The van der Waals surface area contributed by atoms with E-state index in [-0.39, 0.29) is 11.4 Å². The Balaban J connectivity index is 1.97. The number of alkyl halides is 5. The summed E-state index contributed by atoms with van der Waals surface area (Å²) in [6.45, 7) is -4.04. The van der Waals surface area contributed by atoms with Crippen molar-refractivity contribution in [3.05, 3.63) is 48.0 Å². The lowest BCUT2D eigenvalue weighted by Gasteiger charge is -2.14. The number of methoxy groups -OCH3 is 1. The van der Waals surface area contributed by atoms with Gasteiger partial charge in [-0.3, -0.25) is 4.79 Å². The van der Waals surface area contributed by atoms with Crippen molar-refractivity contribution in [2.24, 2.45) is 0 Å². The fourth-order valence-electron chi connectivity index (χ4n) is 2.19. The third-order valence-electron chi connectivity index (χ3n) is 3.33. The van der Waals surface area contributed by atoms with E-state index >= 15 is 0 Å². The summed E-state index contributed by atoms with van der Waals surface area (Å²) in [5.74, 6) is -3.15. The van der Waals surface area contributed by atoms with E-state index in [1.807, 2.05) is 0 Å². The Morgan fingerprint density at radius 1 is 1.07 bits per heavy atom. The van der Waals surface area contributed by atoms with Gasteiger partial charge in [0, 0.05) is 5.69 Å². The van der Waals surface area contributed by atoms with Crippen LogP contribution in [-0.2, 0) is 9.53 Å². The van der Waals surface area contributed by atoms with Gasteiger partial charge in [-0.2, -0.15) is 8.78 Å². The van der Waals surface area contributed by atoms with Gasteiger partial charge in [-0.15, -0.1) is 13.2 Å². The molecular formula is C18H14F5NO6. The second kappa shape index (κ2) is 9.76. The molecule has 0 saturated carbocycles. The largest absolute Gasteiger partial charge is 0.573 e. The second-order valence-corrected chi connectivity index (χ2v) is 5.41. The Hall–Kier alpha value is -3.57. The van der Waals surface area contributed by atoms with Crippen molar-refractivity contribution in [1.29, 1.82) is 0 Å². The van der Waals surface area contributed by atoms with E-state index in [9.17, 15) is 31.5 Å². The number of benzene rings is 2. The molecule has 0 fully saturated rings. The van der Waals surface area contributed by atoms with Crippen molar-refractivity contribution in [3.8, 4) is 17.2 Å². The Morgan fingerprint density at radius 2 is 1.73 bits per heavy atom. The minimum Gasteiger partial charge on any atom is -0.493 e. The summed E-state index contributed by atoms with van der Waals surface area (Å²) in [5.41, 5.74) is -0.287. The van der Waals surface area contributed by atoms with E-state index in [1.54, 1.807) is 0 Å². The molecule has 162 valence electrons. The third kappa shape index (κ3) is 6.79. The highest BCUT2D eigenvalue weighted by molar-refractivity contribution is 5.97. The second-order valence-electron chi connectivity index (χ2n) is 5.41. The molecule has 2 rings (SSSR count). The lowest BCUT2D eigenvalue weighted by molar-refractivity contribution is -0.274. The smallest absolute Gasteiger partial charge is 0.493 e. The van der Waals surface area contributed by atoms with Crippen LogP contribution in [0.4, 0.5) is 27.6 Å². The van der Waals surface area contributed by atoms with Crippen LogP contribution in [0.1, 0.15) is 10.4 Å². The normalized spacial score (nSPS) is 11.0. The molecule has 12 heteroatoms. The van der Waals surface area contributed by atoms with Gasteiger partial charge in [0.2, 0.25) is 0 Å². The molecule has 1 amide bonds. The summed E-state index contributed by atoms with van der Waals surface area (Å²) < 4.78 is 79.1. The van der Waals surface area contributed by atoms with Crippen LogP contribution in [0.5, 0.6) is 17.2 Å². The summed E-state index contributed by atoms with van der Waals surface area (Å²) >= 11 is 0. The first-order chi connectivity index (χ1) is 14.1. The van der Waals surface area contributed by atoms with Crippen molar-refractivity contribution in [1.82, 2.24) is 0 Å². The Bertz CT molecular complexity index is 886. The number of anilines is 1. The number of halogens is 5. The van der Waals surface area contributed by atoms with Crippen LogP contribution in [0, 0.1) is 0 Å². The van der Waals surface area contributed by atoms with Crippen LogP contribution in [-0.4, -0.2) is 38.6 Å². The number of rotatable bonds is 8. The van der Waals surface area contributed by atoms with Gasteiger partial charge in [0.25, 0.3) is 5.91 Å². The van der Waals surface area contributed by atoms with Crippen molar-refractivity contribution < 1.29 is 50.5 Å². The predicted molar refractivity (Wildman–Crippen MR) is 91.7 cm³/mol. The zero-order valence-corrected chi connectivity index (χ0v) is 15.2. The quantitative estimate of drug-likeness (QED) is 0.499. The molecule has 0 aliphatic rings. The maximum atomic E-state index is 12.6. The van der Waals surface area contributed by atoms with Crippen molar-refractivity contribution in [2.45, 2.75) is 13.0 Å². The van der Waals surface area contributed by atoms with E-state index in [2.05, 4.69) is 14.8 Å². The highest BCUT2D eigenvalue weighted by atomic mass is 19.4. The van der Waals surface area contributed by atoms with Gasteiger partial charge in [-0.05, 0) is 36.4 Å². The van der Waals surface area contributed by atoms with E-state index in [4.69, 9.17) is 9.47 Å². The number of carbonyl (C=O) groups is 2. The number of esters is 1. The molecular weight excluding hydrogens is 421 g/mol. The molecule has 0 saturated heterocycles. The van der Waals surface area contributed by atoms with Gasteiger partial charge in [-0.25, -0.2) is 4.79 Å². The van der Waals surface area contributed by atoms with Crippen LogP contribution < -0.4 is 19.5 Å². The van der Waals surface area contributed by atoms with Gasteiger partial charge in [0.1, 0.15) is 11.3 Å². The monoisotopic (exact) mass is 435 g/mol. The highest BCUT2D eigenvalue weighted by Crippen LogP contribution is 2.33. The van der Waals surface area contributed by atoms with Crippen molar-refractivity contribution >= 4 is 17.6 Å². The first-order valence-corrected chi connectivity index (χ1v) is 8.03. The van der Waals surface area contributed by atoms with Crippen LogP contribution in [0.25, 0.3) is 0 Å². The molecule has 2 aromatic rings. The van der Waals surface area contributed by atoms with Crippen LogP contribution in [0.3, 0.4) is 0 Å². The molecule has 0 bridgehead atoms. The zero-order valence-electron chi connectivity index (χ0n) is 15.2. The lowest BCUT2D eigenvalue weighted by atomic mass is 10.2. The van der Waals surface area contributed by atoms with E-state index < -0.39 is 48.5 Å². The van der Waals surface area contributed by atoms with Gasteiger partial charge < -0.3 is 24.3 Å². The Morgan fingerprint density at radius 3 is 2.30 bits per heavy atom. The average molecular weight is 435 g/mol.